The summed E-state index contributed by atoms with van der Waals surface area (Å²) in [4.78, 5) is 39.2. The smallest absolute Gasteiger partial charge is 1.00 e. The largest absolute Gasteiger partial charge is 1.00 e. The Balaban J connectivity index is -0.0000000833. The average Bonchev–Trinajstić information content (AvgIpc) is 1.87. The van der Waals surface area contributed by atoms with Gasteiger partial charge in [-0.1, -0.05) is 0 Å². The molecule has 0 unspecified atom stereocenters. The number of carbonyl (C=O) groups excluding carboxylic acids is 2. The van der Waals surface area contributed by atoms with Crippen LogP contribution in [0.15, 0.2) is 0 Å². The maximum Gasteiger partial charge on any atom is 1.00 e. The Kier molecular flexibility index (Phi) is 13.8. The predicted molar refractivity (Wildman–Crippen MR) is 28.6 cm³/mol. The SMILES string of the molecule is O=C(O)C(=O)OC(=O)C(=O)O.[H-].[H-].[K+].[Na+]. The molecule has 0 aliphatic rings. The summed E-state index contributed by atoms with van der Waals surface area (Å²) in [5.41, 5.74) is 0. The van der Waals surface area contributed by atoms with Crippen molar-refractivity contribution in [1.29, 1.82) is 0 Å². The van der Waals surface area contributed by atoms with Gasteiger partial charge in [-0.3, -0.25) is 0 Å². The molecule has 0 saturated heterocycles. The topological polar surface area (TPSA) is 118 Å². The first-order valence-corrected chi connectivity index (χ1v) is 2.17. The molecule has 2 N–H and O–H groups in total. The quantitative estimate of drug-likeness (QED) is 0.182. The molecule has 7 nitrogen and oxygen atoms in total. The van der Waals surface area contributed by atoms with Gasteiger partial charge >= 0.3 is 105 Å². The number of aliphatic carboxylic acids is 2. The van der Waals surface area contributed by atoms with Gasteiger partial charge in [-0.25, -0.2) is 19.2 Å². The first-order chi connectivity index (χ1) is 4.95. The van der Waals surface area contributed by atoms with Crippen LogP contribution in [0.4, 0.5) is 0 Å². The van der Waals surface area contributed by atoms with Gasteiger partial charge in [0.25, 0.3) is 0 Å². The molecule has 0 spiro atoms. The minimum atomic E-state index is -2.03. The van der Waals surface area contributed by atoms with Gasteiger partial charge in [0.05, 0.1) is 0 Å². The van der Waals surface area contributed by atoms with Gasteiger partial charge < -0.3 is 17.8 Å². The molecule has 0 bridgehead atoms. The molecule has 64 valence electrons. The summed E-state index contributed by atoms with van der Waals surface area (Å²) in [7, 11) is 0. The minimum Gasteiger partial charge on any atom is -1.00 e. The maximum atomic E-state index is 9.95. The van der Waals surface area contributed by atoms with E-state index in [1.807, 2.05) is 0 Å². The van der Waals surface area contributed by atoms with E-state index in [-0.39, 0.29) is 83.8 Å². The second kappa shape index (κ2) is 9.28. The molecule has 0 aliphatic carbocycles. The van der Waals surface area contributed by atoms with Crippen LogP contribution in [-0.2, 0) is 23.9 Å². The molecule has 0 amide bonds. The zero-order chi connectivity index (χ0) is 9.02. The Hall–Kier alpha value is 0.716. The second-order valence-electron chi connectivity index (χ2n) is 1.29. The molecule has 0 radical (unpaired) electrons. The molecule has 0 aromatic rings. The van der Waals surface area contributed by atoms with Crippen molar-refractivity contribution in [1.82, 2.24) is 0 Å². The number of rotatable bonds is 0. The van der Waals surface area contributed by atoms with Crippen LogP contribution in [0.25, 0.3) is 0 Å². The van der Waals surface area contributed by atoms with Crippen LogP contribution in [0.5, 0.6) is 0 Å². The molecule has 0 heterocycles. The summed E-state index contributed by atoms with van der Waals surface area (Å²) in [6, 6.07) is 0. The minimum absolute atomic E-state index is 0. The standard InChI is InChI=1S/C4H2O7.K.Na.2H/c5-1(6)3(9)11-4(10)2(7)8;;;;/h(H,5,6)(H,7,8);;;;/q;2*+1;2*-1. The molecular weight excluding hydrogens is 222 g/mol. The van der Waals surface area contributed by atoms with E-state index in [1.165, 1.54) is 0 Å². The van der Waals surface area contributed by atoms with E-state index in [0.717, 1.165) is 0 Å². The van der Waals surface area contributed by atoms with Crippen molar-refractivity contribution in [3.8, 4) is 0 Å². The molecule has 0 aliphatic heterocycles. The summed E-state index contributed by atoms with van der Waals surface area (Å²) < 4.78 is 3.30. The third kappa shape index (κ3) is 9.03. The normalized spacial score (nSPS) is 7.08. The Morgan fingerprint density at radius 2 is 1.15 bits per heavy atom. The van der Waals surface area contributed by atoms with E-state index < -0.39 is 23.9 Å². The first kappa shape index (κ1) is 19.3. The van der Waals surface area contributed by atoms with Crippen LogP contribution in [0.2, 0.25) is 0 Å². The third-order valence-electron chi connectivity index (χ3n) is 0.535. The molecule has 0 aromatic carbocycles. The third-order valence-corrected chi connectivity index (χ3v) is 0.535. The zero-order valence-electron chi connectivity index (χ0n) is 8.94. The molecule has 0 atom stereocenters. The fourth-order valence-corrected chi connectivity index (χ4v) is 0.172. The fraction of sp³-hybridized carbons (Fsp3) is 0. The number of carboxylic acids is 2. The predicted octanol–water partition coefficient (Wildman–Crippen LogP) is -7.54. The first-order valence-electron chi connectivity index (χ1n) is 2.17. The number of hydrogen-bond acceptors (Lipinski definition) is 5. The number of carboxylic acid groups (broad SMARTS) is 2. The molecule has 0 fully saturated rings. The Morgan fingerprint density at radius 1 is 0.923 bits per heavy atom. The van der Waals surface area contributed by atoms with Crippen LogP contribution < -0.4 is 80.9 Å². The fourth-order valence-electron chi connectivity index (χ4n) is 0.172. The van der Waals surface area contributed by atoms with E-state index in [9.17, 15) is 19.2 Å². The van der Waals surface area contributed by atoms with Gasteiger partial charge in [0.1, 0.15) is 0 Å². The molecule has 0 rings (SSSR count). The number of carbonyl (C=O) groups is 4. The Labute approximate surface area is 139 Å². The van der Waals surface area contributed by atoms with E-state index in [2.05, 4.69) is 4.74 Å². The summed E-state index contributed by atoms with van der Waals surface area (Å²) >= 11 is 0. The van der Waals surface area contributed by atoms with Gasteiger partial charge in [-0.15, -0.1) is 0 Å². The van der Waals surface area contributed by atoms with E-state index in [4.69, 9.17) is 10.2 Å². The number of esters is 2. The monoisotopic (exact) mass is 226 g/mol. The van der Waals surface area contributed by atoms with E-state index in [0.29, 0.717) is 0 Å². The van der Waals surface area contributed by atoms with Crippen molar-refractivity contribution in [2.75, 3.05) is 0 Å². The van der Waals surface area contributed by atoms with E-state index >= 15 is 0 Å². The Morgan fingerprint density at radius 3 is 1.31 bits per heavy atom. The van der Waals surface area contributed by atoms with Crippen molar-refractivity contribution in [3.05, 3.63) is 0 Å². The van der Waals surface area contributed by atoms with Gasteiger partial charge in [0, 0.05) is 0 Å². The molecule has 0 aromatic heterocycles. The van der Waals surface area contributed by atoms with Gasteiger partial charge in [0.15, 0.2) is 0 Å². The Bertz CT molecular complexity index is 221. The molecule has 0 saturated carbocycles. The van der Waals surface area contributed by atoms with Gasteiger partial charge in [-0.05, 0) is 0 Å². The van der Waals surface area contributed by atoms with E-state index in [1.54, 1.807) is 0 Å². The van der Waals surface area contributed by atoms with Crippen LogP contribution in [0.1, 0.15) is 2.85 Å². The van der Waals surface area contributed by atoms with Crippen molar-refractivity contribution < 1.29 is 118 Å². The summed E-state index contributed by atoms with van der Waals surface area (Å²) in [5, 5.41) is 15.6. The maximum absolute atomic E-state index is 9.95. The van der Waals surface area contributed by atoms with Gasteiger partial charge in [0.2, 0.25) is 0 Å². The van der Waals surface area contributed by atoms with Gasteiger partial charge in [-0.2, -0.15) is 0 Å². The van der Waals surface area contributed by atoms with Crippen molar-refractivity contribution in [3.63, 3.8) is 0 Å². The van der Waals surface area contributed by atoms with Crippen LogP contribution in [0, 0.1) is 0 Å². The second-order valence-corrected chi connectivity index (χ2v) is 1.29. The van der Waals surface area contributed by atoms with Crippen molar-refractivity contribution in [2.45, 2.75) is 0 Å². The van der Waals surface area contributed by atoms with Crippen LogP contribution >= 0.6 is 0 Å². The van der Waals surface area contributed by atoms with Crippen molar-refractivity contribution >= 4 is 23.9 Å². The van der Waals surface area contributed by atoms with Crippen molar-refractivity contribution in [2.24, 2.45) is 0 Å². The van der Waals surface area contributed by atoms with Crippen LogP contribution in [-0.4, -0.2) is 34.1 Å². The summed E-state index contributed by atoms with van der Waals surface area (Å²) in [5.74, 6) is -7.89. The summed E-state index contributed by atoms with van der Waals surface area (Å²) in [6.45, 7) is 0. The number of hydrogen-bond donors (Lipinski definition) is 2. The molecule has 13 heavy (non-hydrogen) atoms. The molecule has 9 heteroatoms. The number of ether oxygens (including phenoxy) is 1. The zero-order valence-corrected chi connectivity index (χ0v) is 12.1. The summed E-state index contributed by atoms with van der Waals surface area (Å²) in [6.07, 6.45) is 0. The van der Waals surface area contributed by atoms with Crippen LogP contribution in [0.3, 0.4) is 0 Å². The average molecular weight is 226 g/mol. The molecular formula is C4H4KNaO7.